The number of rotatable bonds is 4. The van der Waals surface area contributed by atoms with Gasteiger partial charge in [0.2, 0.25) is 6.35 Å². The molecular formula is C23H24N4O. The highest BCUT2D eigenvalue weighted by Gasteiger charge is 2.42. The standard InChI is InChI=1S/C23H24N4O/c1-2-28-23-26(17-11-5-3-6-12-17)21-22(27(23)18-13-7-4-8-14-18)25-20-16-10-9-15-19(20)24-21/h3-8,11-14,23H,2,9-10,15-16H2,1H3. The maximum atomic E-state index is 6.25. The molecule has 2 aliphatic rings. The van der Waals surface area contributed by atoms with Crippen molar-refractivity contribution in [2.75, 3.05) is 16.4 Å². The lowest BCUT2D eigenvalue weighted by Crippen LogP contribution is -2.40. The second-order valence-corrected chi connectivity index (χ2v) is 7.16. The third-order valence-corrected chi connectivity index (χ3v) is 5.37. The van der Waals surface area contributed by atoms with Crippen LogP contribution in [0.4, 0.5) is 23.0 Å². The van der Waals surface area contributed by atoms with E-state index in [-0.39, 0.29) is 6.35 Å². The molecule has 0 bridgehead atoms. The summed E-state index contributed by atoms with van der Waals surface area (Å²) in [5.74, 6) is 1.77. The molecule has 0 radical (unpaired) electrons. The van der Waals surface area contributed by atoms with E-state index in [1.54, 1.807) is 0 Å². The summed E-state index contributed by atoms with van der Waals surface area (Å²) in [5, 5.41) is 0. The van der Waals surface area contributed by atoms with Crippen molar-refractivity contribution >= 4 is 23.0 Å². The quantitative estimate of drug-likeness (QED) is 0.647. The van der Waals surface area contributed by atoms with Gasteiger partial charge in [0, 0.05) is 18.0 Å². The molecule has 1 aliphatic heterocycles. The molecule has 5 nitrogen and oxygen atoms in total. The van der Waals surface area contributed by atoms with Crippen molar-refractivity contribution in [1.82, 2.24) is 9.97 Å². The molecule has 0 fully saturated rings. The molecule has 0 saturated heterocycles. The van der Waals surface area contributed by atoms with E-state index in [1.165, 1.54) is 12.8 Å². The zero-order valence-electron chi connectivity index (χ0n) is 16.1. The Morgan fingerprint density at radius 1 is 0.786 bits per heavy atom. The Balaban J connectivity index is 1.72. The molecule has 0 N–H and O–H groups in total. The Morgan fingerprint density at radius 2 is 1.25 bits per heavy atom. The molecule has 1 aliphatic carbocycles. The first kappa shape index (κ1) is 17.2. The van der Waals surface area contributed by atoms with Crippen molar-refractivity contribution < 1.29 is 4.74 Å². The number of benzene rings is 2. The summed E-state index contributed by atoms with van der Waals surface area (Å²) in [7, 11) is 0. The molecule has 0 saturated carbocycles. The predicted octanol–water partition coefficient (Wildman–Crippen LogP) is 4.97. The van der Waals surface area contributed by atoms with Gasteiger partial charge in [-0.05, 0) is 56.9 Å². The first-order valence-electron chi connectivity index (χ1n) is 10.1. The second kappa shape index (κ2) is 7.24. The van der Waals surface area contributed by atoms with Crippen molar-refractivity contribution in [2.24, 2.45) is 0 Å². The van der Waals surface area contributed by atoms with Crippen molar-refractivity contribution in [3.63, 3.8) is 0 Å². The molecule has 0 unspecified atom stereocenters. The van der Waals surface area contributed by atoms with Gasteiger partial charge in [0.1, 0.15) is 0 Å². The minimum absolute atomic E-state index is 0.311. The van der Waals surface area contributed by atoms with Crippen LogP contribution in [-0.2, 0) is 17.6 Å². The lowest BCUT2D eigenvalue weighted by Gasteiger charge is -2.31. The fourth-order valence-corrected chi connectivity index (χ4v) is 4.09. The Bertz CT molecular complexity index is 885. The van der Waals surface area contributed by atoms with E-state index in [9.17, 15) is 0 Å². The van der Waals surface area contributed by atoms with Gasteiger partial charge in [0.05, 0.1) is 11.4 Å². The average Bonchev–Trinajstić information content (AvgIpc) is 3.06. The van der Waals surface area contributed by atoms with Crippen LogP contribution in [-0.4, -0.2) is 22.9 Å². The summed E-state index contributed by atoms with van der Waals surface area (Å²) in [6.07, 6.45) is 4.06. The molecule has 3 aromatic rings. The second-order valence-electron chi connectivity index (χ2n) is 7.16. The summed E-state index contributed by atoms with van der Waals surface area (Å²) in [5.41, 5.74) is 4.39. The monoisotopic (exact) mass is 372 g/mol. The number of fused-ring (bicyclic) bond motifs is 2. The molecule has 2 aromatic carbocycles. The SMILES string of the molecule is CCOC1N(c2ccccc2)c2nc3c(nc2N1c1ccccc1)CCCC3. The normalized spacial score (nSPS) is 16.2. The molecule has 0 amide bonds. The van der Waals surface area contributed by atoms with E-state index in [4.69, 9.17) is 14.7 Å². The molecule has 5 rings (SSSR count). The lowest BCUT2D eigenvalue weighted by atomic mass is 10.0. The zero-order chi connectivity index (χ0) is 18.9. The summed E-state index contributed by atoms with van der Waals surface area (Å²) in [6, 6.07) is 20.7. The third kappa shape index (κ3) is 2.83. The van der Waals surface area contributed by atoms with Crippen LogP contribution in [0.1, 0.15) is 31.2 Å². The third-order valence-electron chi connectivity index (χ3n) is 5.37. The number of aryl methyl sites for hydroxylation is 2. The van der Waals surface area contributed by atoms with Crippen LogP contribution in [0.25, 0.3) is 0 Å². The van der Waals surface area contributed by atoms with Crippen molar-refractivity contribution in [1.29, 1.82) is 0 Å². The molecular weight excluding hydrogens is 348 g/mol. The van der Waals surface area contributed by atoms with E-state index in [1.807, 2.05) is 19.1 Å². The van der Waals surface area contributed by atoms with Crippen LogP contribution in [0.5, 0.6) is 0 Å². The summed E-state index contributed by atoms with van der Waals surface area (Å²) < 4.78 is 6.25. The van der Waals surface area contributed by atoms with Crippen molar-refractivity contribution in [3.8, 4) is 0 Å². The van der Waals surface area contributed by atoms with E-state index < -0.39 is 0 Å². The highest BCUT2D eigenvalue weighted by molar-refractivity contribution is 5.83. The number of anilines is 4. The van der Waals surface area contributed by atoms with Crippen molar-refractivity contribution in [3.05, 3.63) is 72.1 Å². The van der Waals surface area contributed by atoms with Crippen molar-refractivity contribution in [2.45, 2.75) is 39.0 Å². The smallest absolute Gasteiger partial charge is 0.221 e. The van der Waals surface area contributed by atoms with Gasteiger partial charge in [-0.1, -0.05) is 36.4 Å². The van der Waals surface area contributed by atoms with E-state index in [2.05, 4.69) is 58.3 Å². The molecule has 142 valence electrons. The fraction of sp³-hybridized carbons (Fsp3) is 0.304. The van der Waals surface area contributed by atoms with Crippen LogP contribution in [0, 0.1) is 0 Å². The maximum Gasteiger partial charge on any atom is 0.221 e. The molecule has 28 heavy (non-hydrogen) atoms. The number of ether oxygens (including phenoxy) is 1. The first-order valence-corrected chi connectivity index (χ1v) is 10.1. The summed E-state index contributed by atoms with van der Waals surface area (Å²) in [4.78, 5) is 14.6. The molecule has 1 aromatic heterocycles. The first-order chi connectivity index (χ1) is 13.9. The van der Waals surface area contributed by atoms with Crippen LogP contribution in [0.2, 0.25) is 0 Å². The number of aromatic nitrogens is 2. The minimum Gasteiger partial charge on any atom is -0.340 e. The van der Waals surface area contributed by atoms with Gasteiger partial charge in [0.25, 0.3) is 0 Å². The molecule has 2 heterocycles. The minimum atomic E-state index is -0.311. The van der Waals surface area contributed by atoms with Gasteiger partial charge >= 0.3 is 0 Å². The average molecular weight is 372 g/mol. The van der Waals surface area contributed by atoms with Gasteiger partial charge < -0.3 is 4.74 Å². The van der Waals surface area contributed by atoms with E-state index >= 15 is 0 Å². The number of para-hydroxylation sites is 2. The Kier molecular flexibility index (Phi) is 4.45. The topological polar surface area (TPSA) is 41.5 Å². The predicted molar refractivity (Wildman–Crippen MR) is 111 cm³/mol. The summed E-state index contributed by atoms with van der Waals surface area (Å²) in [6.45, 7) is 2.63. The largest absolute Gasteiger partial charge is 0.340 e. The Hall–Kier alpha value is -2.92. The lowest BCUT2D eigenvalue weighted by molar-refractivity contribution is 0.0767. The molecule has 0 spiro atoms. The highest BCUT2D eigenvalue weighted by Crippen LogP contribution is 2.46. The van der Waals surface area contributed by atoms with Crippen LogP contribution in [0.15, 0.2) is 60.7 Å². The molecule has 0 atom stereocenters. The number of hydrogen-bond acceptors (Lipinski definition) is 5. The Morgan fingerprint density at radius 3 is 1.68 bits per heavy atom. The highest BCUT2D eigenvalue weighted by atomic mass is 16.5. The summed E-state index contributed by atoms with van der Waals surface area (Å²) >= 11 is 0. The van der Waals surface area contributed by atoms with Crippen LogP contribution >= 0.6 is 0 Å². The number of nitrogens with zero attached hydrogens (tertiary/aromatic N) is 4. The maximum absolute atomic E-state index is 6.25. The zero-order valence-corrected chi connectivity index (χ0v) is 16.1. The van der Waals surface area contributed by atoms with E-state index in [0.717, 1.165) is 47.2 Å². The van der Waals surface area contributed by atoms with Gasteiger partial charge in [-0.3, -0.25) is 9.80 Å². The van der Waals surface area contributed by atoms with Gasteiger partial charge in [-0.15, -0.1) is 0 Å². The van der Waals surface area contributed by atoms with Gasteiger partial charge in [0.15, 0.2) is 11.6 Å². The molecule has 5 heteroatoms. The van der Waals surface area contributed by atoms with Gasteiger partial charge in [-0.2, -0.15) is 0 Å². The van der Waals surface area contributed by atoms with E-state index in [0.29, 0.717) is 6.61 Å². The fourth-order valence-electron chi connectivity index (χ4n) is 4.09. The number of hydrogen-bond donors (Lipinski definition) is 0. The van der Waals surface area contributed by atoms with Crippen LogP contribution in [0.3, 0.4) is 0 Å². The van der Waals surface area contributed by atoms with Gasteiger partial charge in [-0.25, -0.2) is 9.97 Å². The Labute approximate surface area is 165 Å². The van der Waals surface area contributed by atoms with Crippen LogP contribution < -0.4 is 9.80 Å².